The molecule has 2 rings (SSSR count). The zero-order valence-electron chi connectivity index (χ0n) is 8.64. The Kier molecular flexibility index (Phi) is 2.33. The zero-order valence-corrected chi connectivity index (χ0v) is 8.64. The molecule has 76 valence electrons. The average molecular weight is 201 g/mol. The number of carbonyl (C=O) groups excluding carboxylic acids is 1. The minimum absolute atomic E-state index is 0.00810. The first-order valence-corrected chi connectivity index (χ1v) is 4.67. The lowest BCUT2D eigenvalue weighted by Crippen LogP contribution is -2.06. The van der Waals surface area contributed by atoms with Crippen molar-refractivity contribution in [1.29, 1.82) is 0 Å². The summed E-state index contributed by atoms with van der Waals surface area (Å²) in [6.07, 6.45) is 3.45. The van der Waals surface area contributed by atoms with E-state index in [0.29, 0.717) is 11.4 Å². The molecule has 0 aliphatic heterocycles. The van der Waals surface area contributed by atoms with E-state index in [0.717, 1.165) is 5.69 Å². The SMILES string of the molecule is CC(=O)c1cccnc1-n1ccc(C)n1. The molecule has 0 fully saturated rings. The molecule has 0 aliphatic carbocycles. The van der Waals surface area contributed by atoms with Gasteiger partial charge < -0.3 is 0 Å². The van der Waals surface area contributed by atoms with Gasteiger partial charge in [0.05, 0.1) is 11.3 Å². The number of carbonyl (C=O) groups is 1. The Bertz CT molecular complexity index is 502. The van der Waals surface area contributed by atoms with Crippen molar-refractivity contribution >= 4 is 5.78 Å². The summed E-state index contributed by atoms with van der Waals surface area (Å²) < 4.78 is 1.62. The van der Waals surface area contributed by atoms with Gasteiger partial charge in [-0.2, -0.15) is 5.10 Å². The van der Waals surface area contributed by atoms with Crippen LogP contribution in [0.5, 0.6) is 0 Å². The van der Waals surface area contributed by atoms with Crippen molar-refractivity contribution in [2.75, 3.05) is 0 Å². The van der Waals surface area contributed by atoms with E-state index in [4.69, 9.17) is 0 Å². The van der Waals surface area contributed by atoms with Crippen molar-refractivity contribution in [1.82, 2.24) is 14.8 Å². The Balaban J connectivity index is 2.57. The summed E-state index contributed by atoms with van der Waals surface area (Å²) in [6, 6.07) is 5.37. The number of aryl methyl sites for hydroxylation is 1. The lowest BCUT2D eigenvalue weighted by Gasteiger charge is -2.04. The lowest BCUT2D eigenvalue weighted by molar-refractivity contribution is 0.101. The topological polar surface area (TPSA) is 47.8 Å². The molecule has 0 atom stereocenters. The summed E-state index contributed by atoms with van der Waals surface area (Å²) in [7, 11) is 0. The van der Waals surface area contributed by atoms with Gasteiger partial charge in [0.2, 0.25) is 0 Å². The average Bonchev–Trinajstić information content (AvgIpc) is 2.65. The number of pyridine rings is 1. The molecule has 15 heavy (non-hydrogen) atoms. The van der Waals surface area contributed by atoms with Crippen molar-refractivity contribution in [3.63, 3.8) is 0 Å². The quantitative estimate of drug-likeness (QED) is 0.696. The van der Waals surface area contributed by atoms with Crippen molar-refractivity contribution in [2.24, 2.45) is 0 Å². The van der Waals surface area contributed by atoms with Crippen LogP contribution in [0.25, 0.3) is 5.82 Å². The molecule has 0 bridgehead atoms. The van der Waals surface area contributed by atoms with Crippen LogP contribution in [0.2, 0.25) is 0 Å². The fourth-order valence-corrected chi connectivity index (χ4v) is 1.39. The second kappa shape index (κ2) is 3.65. The number of hydrogen-bond donors (Lipinski definition) is 0. The summed E-state index contributed by atoms with van der Waals surface area (Å²) in [4.78, 5) is 15.5. The standard InChI is InChI=1S/C11H11N3O/c1-8-5-7-14(13-8)11-10(9(2)15)4-3-6-12-11/h3-7H,1-2H3. The monoisotopic (exact) mass is 201 g/mol. The molecule has 0 radical (unpaired) electrons. The van der Waals surface area contributed by atoms with Crippen LogP contribution in [-0.4, -0.2) is 20.5 Å². The second-order valence-electron chi connectivity index (χ2n) is 3.33. The number of aromatic nitrogens is 3. The molecule has 4 nitrogen and oxygen atoms in total. The van der Waals surface area contributed by atoms with Gasteiger partial charge in [-0.3, -0.25) is 4.79 Å². The molecule has 0 N–H and O–H groups in total. The summed E-state index contributed by atoms with van der Waals surface area (Å²) in [5.41, 5.74) is 1.48. The highest BCUT2D eigenvalue weighted by molar-refractivity contribution is 5.96. The van der Waals surface area contributed by atoms with Crippen LogP contribution in [0.4, 0.5) is 0 Å². The molecule has 0 spiro atoms. The van der Waals surface area contributed by atoms with Gasteiger partial charge in [0.1, 0.15) is 0 Å². The number of Topliss-reactive ketones (excluding diaryl/α,β-unsaturated/α-hetero) is 1. The molecule has 0 unspecified atom stereocenters. The number of nitrogens with zero attached hydrogens (tertiary/aromatic N) is 3. The van der Waals surface area contributed by atoms with Gasteiger partial charge in [-0.1, -0.05) is 0 Å². The Labute approximate surface area is 87.6 Å². The van der Waals surface area contributed by atoms with Gasteiger partial charge in [-0.25, -0.2) is 9.67 Å². The molecule has 2 heterocycles. The molecule has 0 aromatic carbocycles. The largest absolute Gasteiger partial charge is 0.294 e. The Morgan fingerprint density at radius 3 is 2.80 bits per heavy atom. The fourth-order valence-electron chi connectivity index (χ4n) is 1.39. The third-order valence-electron chi connectivity index (χ3n) is 2.11. The van der Waals surface area contributed by atoms with Gasteiger partial charge in [-0.15, -0.1) is 0 Å². The first kappa shape index (κ1) is 9.58. The molecule has 4 heteroatoms. The molecule has 0 amide bonds. The number of hydrogen-bond acceptors (Lipinski definition) is 3. The van der Waals surface area contributed by atoms with E-state index < -0.39 is 0 Å². The maximum Gasteiger partial charge on any atom is 0.164 e. The lowest BCUT2D eigenvalue weighted by atomic mass is 10.2. The van der Waals surface area contributed by atoms with E-state index in [-0.39, 0.29) is 5.78 Å². The highest BCUT2D eigenvalue weighted by Gasteiger charge is 2.09. The van der Waals surface area contributed by atoms with E-state index in [1.807, 2.05) is 13.0 Å². The summed E-state index contributed by atoms with van der Waals surface area (Å²) in [5.74, 6) is 0.573. The van der Waals surface area contributed by atoms with Crippen LogP contribution < -0.4 is 0 Å². The number of rotatable bonds is 2. The van der Waals surface area contributed by atoms with Crippen LogP contribution >= 0.6 is 0 Å². The van der Waals surface area contributed by atoms with Crippen LogP contribution in [-0.2, 0) is 0 Å². The van der Waals surface area contributed by atoms with Gasteiger partial charge in [-0.05, 0) is 32.0 Å². The van der Waals surface area contributed by atoms with Gasteiger partial charge in [0, 0.05) is 12.4 Å². The third kappa shape index (κ3) is 1.79. The third-order valence-corrected chi connectivity index (χ3v) is 2.11. The molecule has 2 aromatic heterocycles. The highest BCUT2D eigenvalue weighted by atomic mass is 16.1. The van der Waals surface area contributed by atoms with E-state index in [2.05, 4.69) is 10.1 Å². The van der Waals surface area contributed by atoms with Crippen LogP contribution in [0.3, 0.4) is 0 Å². The van der Waals surface area contributed by atoms with E-state index in [1.165, 1.54) is 6.92 Å². The van der Waals surface area contributed by atoms with Crippen molar-refractivity contribution in [3.8, 4) is 5.82 Å². The number of ketones is 1. The molecular weight excluding hydrogens is 190 g/mol. The minimum Gasteiger partial charge on any atom is -0.294 e. The van der Waals surface area contributed by atoms with Gasteiger partial charge in [0.25, 0.3) is 0 Å². The van der Waals surface area contributed by atoms with Crippen molar-refractivity contribution in [2.45, 2.75) is 13.8 Å². The zero-order chi connectivity index (χ0) is 10.8. The first-order chi connectivity index (χ1) is 7.18. The van der Waals surface area contributed by atoms with Gasteiger partial charge >= 0.3 is 0 Å². The predicted molar refractivity (Wildman–Crippen MR) is 56.1 cm³/mol. The normalized spacial score (nSPS) is 10.3. The summed E-state index contributed by atoms with van der Waals surface area (Å²) >= 11 is 0. The molecule has 0 saturated heterocycles. The Morgan fingerprint density at radius 1 is 1.40 bits per heavy atom. The van der Waals surface area contributed by atoms with Crippen LogP contribution in [0, 0.1) is 6.92 Å². The van der Waals surface area contributed by atoms with Crippen LogP contribution in [0.1, 0.15) is 23.0 Å². The Hall–Kier alpha value is -1.97. The van der Waals surface area contributed by atoms with E-state index in [1.54, 1.807) is 29.2 Å². The smallest absolute Gasteiger partial charge is 0.164 e. The Morgan fingerprint density at radius 2 is 2.20 bits per heavy atom. The molecular formula is C11H11N3O. The fraction of sp³-hybridized carbons (Fsp3) is 0.182. The van der Waals surface area contributed by atoms with Crippen molar-refractivity contribution < 1.29 is 4.79 Å². The second-order valence-corrected chi connectivity index (χ2v) is 3.33. The molecule has 2 aromatic rings. The molecule has 0 aliphatic rings. The van der Waals surface area contributed by atoms with E-state index >= 15 is 0 Å². The maximum atomic E-state index is 11.4. The van der Waals surface area contributed by atoms with E-state index in [9.17, 15) is 4.79 Å². The minimum atomic E-state index is -0.00810. The highest BCUT2D eigenvalue weighted by Crippen LogP contribution is 2.11. The molecule has 0 saturated carbocycles. The van der Waals surface area contributed by atoms with Crippen LogP contribution in [0.15, 0.2) is 30.6 Å². The first-order valence-electron chi connectivity index (χ1n) is 4.67. The summed E-state index contributed by atoms with van der Waals surface area (Å²) in [5, 5.41) is 4.23. The summed E-state index contributed by atoms with van der Waals surface area (Å²) in [6.45, 7) is 3.42. The maximum absolute atomic E-state index is 11.4. The van der Waals surface area contributed by atoms with Gasteiger partial charge in [0.15, 0.2) is 11.6 Å². The predicted octanol–water partition coefficient (Wildman–Crippen LogP) is 1.78. The van der Waals surface area contributed by atoms with Crippen molar-refractivity contribution in [3.05, 3.63) is 41.9 Å².